The second-order valence-corrected chi connectivity index (χ2v) is 4.39. The fraction of sp³-hybridized carbons (Fsp3) is 0.462. The Morgan fingerprint density at radius 3 is 2.75 bits per heavy atom. The molecule has 1 N–H and O–H groups in total. The maximum Gasteiger partial charge on any atom is 0.406 e. The molecule has 20 heavy (non-hydrogen) atoms. The maximum absolute atomic E-state index is 12.7. The van der Waals surface area contributed by atoms with Crippen molar-refractivity contribution in [3.05, 3.63) is 30.1 Å². The van der Waals surface area contributed by atoms with Gasteiger partial charge in [0.25, 0.3) is 0 Å². The summed E-state index contributed by atoms with van der Waals surface area (Å²) in [6.45, 7) is 0.300. The van der Waals surface area contributed by atoms with Crippen LogP contribution >= 0.6 is 0 Å². The minimum atomic E-state index is -4.27. The first-order chi connectivity index (χ1) is 9.51. The quantitative estimate of drug-likeness (QED) is 0.829. The maximum atomic E-state index is 12.7. The van der Waals surface area contributed by atoms with Crippen molar-refractivity contribution in [3.63, 3.8) is 0 Å². The molecule has 0 radical (unpaired) electrons. The van der Waals surface area contributed by atoms with E-state index in [1.165, 1.54) is 4.57 Å². The van der Waals surface area contributed by atoms with E-state index in [9.17, 15) is 13.2 Å². The molecule has 0 unspecified atom stereocenters. The third kappa shape index (κ3) is 3.71. The molecule has 0 aliphatic carbocycles. The topological polar surface area (TPSA) is 39.1 Å². The number of rotatable bonds is 6. The lowest BCUT2D eigenvalue weighted by Crippen LogP contribution is -2.24. The van der Waals surface area contributed by atoms with Crippen molar-refractivity contribution in [2.24, 2.45) is 0 Å². The Morgan fingerprint density at radius 2 is 2.05 bits per heavy atom. The third-order valence-corrected chi connectivity index (χ3v) is 2.84. The van der Waals surface area contributed by atoms with Gasteiger partial charge >= 0.3 is 6.18 Å². The first kappa shape index (κ1) is 14.8. The normalized spacial score (nSPS) is 12.2. The second kappa shape index (κ2) is 6.23. The highest BCUT2D eigenvalue weighted by Crippen LogP contribution is 2.23. The number of methoxy groups -OCH3 is 1. The molecule has 7 heteroatoms. The van der Waals surface area contributed by atoms with Crippen LogP contribution in [0.1, 0.15) is 5.82 Å². The predicted octanol–water partition coefficient (Wildman–Crippen LogP) is 2.33. The first-order valence-electron chi connectivity index (χ1n) is 6.22. The van der Waals surface area contributed by atoms with Crippen molar-refractivity contribution >= 4 is 11.0 Å². The zero-order valence-corrected chi connectivity index (χ0v) is 11.1. The third-order valence-electron chi connectivity index (χ3n) is 2.84. The van der Waals surface area contributed by atoms with Gasteiger partial charge in [0.2, 0.25) is 0 Å². The largest absolute Gasteiger partial charge is 0.406 e. The van der Waals surface area contributed by atoms with Crippen molar-refractivity contribution < 1.29 is 17.9 Å². The molecule has 4 nitrogen and oxygen atoms in total. The molecule has 1 heterocycles. The Kier molecular flexibility index (Phi) is 4.61. The molecule has 110 valence electrons. The van der Waals surface area contributed by atoms with Crippen molar-refractivity contribution in [1.29, 1.82) is 0 Å². The van der Waals surface area contributed by atoms with Crippen LogP contribution in [0.2, 0.25) is 0 Å². The van der Waals surface area contributed by atoms with Crippen LogP contribution in [0.25, 0.3) is 11.0 Å². The lowest BCUT2D eigenvalue weighted by atomic mass is 10.3. The number of benzene rings is 1. The molecule has 0 saturated carbocycles. The van der Waals surface area contributed by atoms with Crippen LogP contribution < -0.4 is 5.32 Å². The van der Waals surface area contributed by atoms with E-state index in [0.717, 1.165) is 0 Å². The van der Waals surface area contributed by atoms with Gasteiger partial charge in [-0.1, -0.05) is 12.1 Å². The standard InChI is InChI=1S/C13H16F3N3O/c1-20-7-6-17-8-12-18-10-4-2-3-5-11(10)19(12)9-13(14,15)16/h2-5,17H,6-9H2,1H3. The fourth-order valence-electron chi connectivity index (χ4n) is 1.99. The summed E-state index contributed by atoms with van der Waals surface area (Å²) in [6, 6.07) is 6.82. The Balaban J connectivity index is 2.24. The van der Waals surface area contributed by atoms with Gasteiger partial charge in [-0.25, -0.2) is 4.98 Å². The molecule has 0 aliphatic rings. The Hall–Kier alpha value is -1.60. The van der Waals surface area contributed by atoms with E-state index in [0.29, 0.717) is 30.0 Å². The predicted molar refractivity (Wildman–Crippen MR) is 69.4 cm³/mol. The van der Waals surface area contributed by atoms with Gasteiger partial charge in [0, 0.05) is 13.7 Å². The lowest BCUT2D eigenvalue weighted by Gasteiger charge is -2.12. The monoisotopic (exact) mass is 287 g/mol. The van der Waals surface area contributed by atoms with E-state index < -0.39 is 12.7 Å². The number of ether oxygens (including phenoxy) is 1. The molecule has 0 aliphatic heterocycles. The number of nitrogens with zero attached hydrogens (tertiary/aromatic N) is 2. The van der Waals surface area contributed by atoms with E-state index in [2.05, 4.69) is 10.3 Å². The number of aromatic nitrogens is 2. The number of alkyl halides is 3. The van der Waals surface area contributed by atoms with Crippen LogP contribution in [-0.2, 0) is 17.8 Å². The average molecular weight is 287 g/mol. The lowest BCUT2D eigenvalue weighted by molar-refractivity contribution is -0.140. The molecular formula is C13H16F3N3O. The summed E-state index contributed by atoms with van der Waals surface area (Å²) in [6.07, 6.45) is -4.27. The molecule has 0 saturated heterocycles. The van der Waals surface area contributed by atoms with Gasteiger partial charge in [-0.3, -0.25) is 0 Å². The second-order valence-electron chi connectivity index (χ2n) is 4.39. The molecule has 2 rings (SSSR count). The number of para-hydroxylation sites is 2. The average Bonchev–Trinajstić information content (AvgIpc) is 2.71. The van der Waals surface area contributed by atoms with Crippen LogP contribution in [0.3, 0.4) is 0 Å². The first-order valence-corrected chi connectivity index (χ1v) is 6.22. The van der Waals surface area contributed by atoms with Gasteiger partial charge in [-0.05, 0) is 12.1 Å². The molecule has 0 bridgehead atoms. The van der Waals surface area contributed by atoms with Crippen molar-refractivity contribution in [2.45, 2.75) is 19.3 Å². The van der Waals surface area contributed by atoms with Crippen molar-refractivity contribution in [3.8, 4) is 0 Å². The van der Waals surface area contributed by atoms with Gasteiger partial charge in [0.1, 0.15) is 12.4 Å². The molecule has 0 fully saturated rings. The van der Waals surface area contributed by atoms with Gasteiger partial charge in [0.15, 0.2) is 0 Å². The van der Waals surface area contributed by atoms with Crippen LogP contribution in [0, 0.1) is 0 Å². The SMILES string of the molecule is COCCNCc1nc2ccccc2n1CC(F)(F)F. The van der Waals surface area contributed by atoms with Gasteiger partial charge in [0.05, 0.1) is 24.2 Å². The number of imidazole rings is 1. The van der Waals surface area contributed by atoms with E-state index in [1.54, 1.807) is 31.4 Å². The Morgan fingerprint density at radius 1 is 1.30 bits per heavy atom. The highest BCUT2D eigenvalue weighted by atomic mass is 19.4. The minimum absolute atomic E-state index is 0.272. The zero-order valence-electron chi connectivity index (χ0n) is 11.1. The van der Waals surface area contributed by atoms with Crippen LogP contribution in [0.4, 0.5) is 13.2 Å². The summed E-state index contributed by atoms with van der Waals surface area (Å²) in [5.74, 6) is 0.375. The highest BCUT2D eigenvalue weighted by molar-refractivity contribution is 5.75. The molecule has 0 atom stereocenters. The smallest absolute Gasteiger partial charge is 0.383 e. The van der Waals surface area contributed by atoms with Crippen LogP contribution in [0.15, 0.2) is 24.3 Å². The fourth-order valence-corrected chi connectivity index (χ4v) is 1.99. The van der Waals surface area contributed by atoms with Crippen molar-refractivity contribution in [1.82, 2.24) is 14.9 Å². The van der Waals surface area contributed by atoms with E-state index in [-0.39, 0.29) is 6.54 Å². The zero-order chi connectivity index (χ0) is 14.6. The summed E-state index contributed by atoms with van der Waals surface area (Å²) >= 11 is 0. The number of nitrogens with one attached hydrogen (secondary N) is 1. The summed E-state index contributed by atoms with van der Waals surface area (Å²) in [4.78, 5) is 4.25. The molecule has 0 amide bonds. The Bertz CT molecular complexity index is 565. The Labute approximate surface area is 114 Å². The van der Waals surface area contributed by atoms with E-state index in [1.807, 2.05) is 0 Å². The summed E-state index contributed by atoms with van der Waals surface area (Å²) in [5.41, 5.74) is 1.06. The molecule has 1 aromatic heterocycles. The van der Waals surface area contributed by atoms with Gasteiger partial charge < -0.3 is 14.6 Å². The summed E-state index contributed by atoms with van der Waals surface area (Å²) in [5, 5.41) is 3.01. The summed E-state index contributed by atoms with van der Waals surface area (Å²) in [7, 11) is 1.57. The van der Waals surface area contributed by atoms with Gasteiger partial charge in [-0.15, -0.1) is 0 Å². The molecule has 0 spiro atoms. The van der Waals surface area contributed by atoms with E-state index in [4.69, 9.17) is 4.74 Å². The van der Waals surface area contributed by atoms with Crippen LogP contribution in [-0.4, -0.2) is 36.0 Å². The van der Waals surface area contributed by atoms with E-state index >= 15 is 0 Å². The molecule has 1 aromatic carbocycles. The highest BCUT2D eigenvalue weighted by Gasteiger charge is 2.30. The van der Waals surface area contributed by atoms with Gasteiger partial charge in [-0.2, -0.15) is 13.2 Å². The number of halogens is 3. The van der Waals surface area contributed by atoms with Crippen LogP contribution in [0.5, 0.6) is 0 Å². The number of hydrogen-bond acceptors (Lipinski definition) is 3. The summed E-state index contributed by atoms with van der Waals surface area (Å²) < 4.78 is 44.1. The number of hydrogen-bond donors (Lipinski definition) is 1. The minimum Gasteiger partial charge on any atom is -0.383 e. The van der Waals surface area contributed by atoms with Crippen molar-refractivity contribution in [2.75, 3.05) is 20.3 Å². The molecule has 2 aromatic rings. The molecular weight excluding hydrogens is 271 g/mol. The number of fused-ring (bicyclic) bond motifs is 1.